The third-order valence-corrected chi connectivity index (χ3v) is 23.3. The van der Waals surface area contributed by atoms with Gasteiger partial charge in [0, 0.05) is 13.8 Å². The summed E-state index contributed by atoms with van der Waals surface area (Å²) in [5.41, 5.74) is 0. The van der Waals surface area contributed by atoms with Crippen LogP contribution < -0.4 is 10.6 Å². The van der Waals surface area contributed by atoms with Gasteiger partial charge in [0.05, 0.1) is 77.8 Å². The summed E-state index contributed by atoms with van der Waals surface area (Å²) in [6, 6.07) is -4.28. The SMILES string of the molecule is CC(=O)N[C@H]1[C@H](OC[C@H]2O[C@@H](O[C@@H]([C@H](O)[C@@H](O)CO)[C@H](O)CO)[C@H](O)[C@@H](O[C@@H]3O[C@H](CO)[C@@H](O[C@@H]4O[C@H](CO)[C@H](O)[C@H](O[C@H]5O[C@H](CO)[C@H](O)[C@H](O)[C@H]5O)[C@H]4O[C@@H]4O[C@@H](C)[C@@H](O)[C@@H](O)[C@@H]4O)[C@H](O[C@@H]4O[C@@H](C)[C@@H](O)[C@@H](O)[C@@H]4O)[C@H]3NC(C)=O)[C@H]2O)O[C@H](CO)[C@@H](O[C@@H]2O[C@H](CO)[C@H](O)[C@H](O[C@H]3O[C@H](CO)[C@H](O)[C@H](O)[C@H]3O)[C@H]2O)[C@@H]1O[C@@H]1O[C@@H](C)[C@@H](O)[C@@H](O)[C@@H]1O. The van der Waals surface area contributed by atoms with Crippen LogP contribution >= 0.6 is 0 Å². The van der Waals surface area contributed by atoms with Gasteiger partial charge in [0.2, 0.25) is 11.8 Å². The first kappa shape index (κ1) is 104. The number of ether oxygens (including phenoxy) is 20. The zero-order valence-electron chi connectivity index (χ0n) is 67.4. The predicted molar refractivity (Wildman–Crippen MR) is 383 cm³/mol. The van der Waals surface area contributed by atoms with E-state index in [1.807, 2.05) is 0 Å². The maximum atomic E-state index is 13.9. The summed E-state index contributed by atoms with van der Waals surface area (Å²) in [4.78, 5) is 27.5. The van der Waals surface area contributed by atoms with Crippen LogP contribution in [0.5, 0.6) is 0 Å². The third kappa shape index (κ3) is 22.8. The fourth-order valence-corrected chi connectivity index (χ4v) is 16.0. The smallest absolute Gasteiger partial charge is 0.217 e. The molecule has 10 fully saturated rings. The number of hydrogen-bond acceptors (Lipinski definition) is 53. The number of amides is 2. The molecular formula is C70H120N2O53. The van der Waals surface area contributed by atoms with Gasteiger partial charge in [0.1, 0.15) is 250 Å². The van der Waals surface area contributed by atoms with Gasteiger partial charge in [-0.15, -0.1) is 0 Å². The summed E-state index contributed by atoms with van der Waals surface area (Å²) >= 11 is 0. The number of rotatable bonds is 34. The van der Waals surface area contributed by atoms with Crippen molar-refractivity contribution in [2.45, 2.75) is 366 Å². The summed E-state index contributed by atoms with van der Waals surface area (Å²) < 4.78 is 121. The van der Waals surface area contributed by atoms with Crippen molar-refractivity contribution in [2.75, 3.05) is 59.5 Å². The fraction of sp³-hybridized carbons (Fsp3) is 0.971. The Morgan fingerprint density at radius 2 is 0.552 bits per heavy atom. The summed E-state index contributed by atoms with van der Waals surface area (Å²) in [6.07, 6.45) is -112. The van der Waals surface area contributed by atoms with Crippen LogP contribution in [0.15, 0.2) is 0 Å². The minimum absolute atomic E-state index is 0.854. The highest BCUT2D eigenvalue weighted by Gasteiger charge is 2.63. The average molecular weight is 1840 g/mol. The van der Waals surface area contributed by atoms with Crippen LogP contribution in [0, 0.1) is 0 Å². The van der Waals surface area contributed by atoms with Crippen molar-refractivity contribution in [2.24, 2.45) is 0 Å². The van der Waals surface area contributed by atoms with E-state index in [0.717, 1.165) is 13.8 Å². The molecule has 33 N–H and O–H groups in total. The van der Waals surface area contributed by atoms with E-state index in [1.54, 1.807) is 0 Å². The van der Waals surface area contributed by atoms with E-state index in [9.17, 15) is 168 Å². The standard InChI is InChI=1S/C70H120N2O53/c1-15-31(85)40(94)45(99)63(107-15)120-55-29(71-18(4)81)61(114-26(12-79)53(55)118-68-50(104)57(37(91)24(10-77)112-68)123-66-48(102)43(97)35(89)22(8-75)110-66)106-14-28-39(93)58(51(105)69(116-28)117-52(21(84)7-74)34(88)20(83)6-73)122-62-30(72-19(5)82)56(121-64-46(100)41(95)32(86)16(2)108-64)54(27(13-80)115-62)119-70-60(125-65-47(101)42(96)33(87)17(3)109-65)59(38(92)25(11-78)113-70)124-67-49(103)44(98)36(90)23(9-76)111-67/h15-17,20-70,73-80,83-105H,6-14H2,1-5H3,(H,71,81)(H,72,82)/t15-,16-,17-,20-,21+,22+,23+,24+,25+,26+,27+,28+,29+,30+,31+,32+,33+,34+,35-,36-,37-,38-,39-,40+,41+,42+,43-,44-,45-,46-,47-,48+,49+,50+,51+,52+,53+,54+,55+,56+,57-,58-,59-,60+,61+,62-,63-,64-,65-,66+,67+,68-,69-,70-/m0/s1. The maximum absolute atomic E-state index is 13.9. The molecule has 0 aromatic rings. The molecular weight excluding hydrogens is 1720 g/mol. The molecule has 2 amide bonds. The second-order valence-electron chi connectivity index (χ2n) is 32.0. The van der Waals surface area contributed by atoms with Crippen molar-refractivity contribution in [3.63, 3.8) is 0 Å². The van der Waals surface area contributed by atoms with Crippen LogP contribution in [-0.4, -0.2) is 561 Å². The molecule has 10 saturated heterocycles. The number of aliphatic hydroxyl groups is 31. The second kappa shape index (κ2) is 45.3. The van der Waals surface area contributed by atoms with Gasteiger partial charge < -0.3 is 264 Å². The Labute approximate surface area is 708 Å². The highest BCUT2D eigenvalue weighted by Crippen LogP contribution is 2.42. The van der Waals surface area contributed by atoms with E-state index < -0.39 is 403 Å². The lowest BCUT2D eigenvalue weighted by Crippen LogP contribution is -2.72. The molecule has 0 aliphatic carbocycles. The van der Waals surface area contributed by atoms with Gasteiger partial charge >= 0.3 is 0 Å². The quantitative estimate of drug-likeness (QED) is 0.0284. The van der Waals surface area contributed by atoms with Crippen molar-refractivity contribution in [3.8, 4) is 0 Å². The normalized spacial score (nSPS) is 50.0. The first-order valence-corrected chi connectivity index (χ1v) is 40.2. The van der Waals surface area contributed by atoms with Crippen LogP contribution in [0.2, 0.25) is 0 Å². The molecule has 0 bridgehead atoms. The summed E-state index contributed by atoms with van der Waals surface area (Å²) in [7, 11) is 0. The van der Waals surface area contributed by atoms with Crippen LogP contribution in [0.4, 0.5) is 0 Å². The largest absolute Gasteiger partial charge is 0.394 e. The average Bonchev–Trinajstić information content (AvgIpc) is 0.752. The first-order chi connectivity index (χ1) is 59.0. The summed E-state index contributed by atoms with van der Waals surface area (Å²) in [5, 5.41) is 349. The van der Waals surface area contributed by atoms with Crippen molar-refractivity contribution >= 4 is 11.8 Å². The molecule has 728 valence electrons. The topological polar surface area (TPSA) is 870 Å². The molecule has 10 heterocycles. The van der Waals surface area contributed by atoms with E-state index in [1.165, 1.54) is 20.8 Å². The molecule has 55 nitrogen and oxygen atoms in total. The predicted octanol–water partition coefficient (Wildman–Crippen LogP) is -22.0. The Morgan fingerprint density at radius 1 is 0.272 bits per heavy atom. The lowest BCUT2D eigenvalue weighted by atomic mass is 9.93. The Kier molecular flexibility index (Phi) is 37.7. The van der Waals surface area contributed by atoms with Crippen LogP contribution in [0.25, 0.3) is 0 Å². The van der Waals surface area contributed by atoms with Gasteiger partial charge in [-0.3, -0.25) is 9.59 Å². The molecule has 0 saturated carbocycles. The van der Waals surface area contributed by atoms with Gasteiger partial charge in [-0.25, -0.2) is 0 Å². The van der Waals surface area contributed by atoms with Gasteiger partial charge in [0.15, 0.2) is 62.9 Å². The zero-order chi connectivity index (χ0) is 92.3. The van der Waals surface area contributed by atoms with Gasteiger partial charge in [-0.05, 0) is 20.8 Å². The molecule has 54 atom stereocenters. The highest BCUT2D eigenvalue weighted by molar-refractivity contribution is 5.73. The minimum atomic E-state index is -2.66. The van der Waals surface area contributed by atoms with Crippen molar-refractivity contribution in [1.29, 1.82) is 0 Å². The Morgan fingerprint density at radius 3 is 0.952 bits per heavy atom. The lowest BCUT2D eigenvalue weighted by molar-refractivity contribution is -0.411. The zero-order valence-corrected chi connectivity index (χ0v) is 67.4. The number of hydrogen-bond donors (Lipinski definition) is 33. The molecule has 10 aliphatic rings. The minimum Gasteiger partial charge on any atom is -0.394 e. The number of carbonyl (C=O) groups is 2. The molecule has 0 radical (unpaired) electrons. The third-order valence-electron chi connectivity index (χ3n) is 23.3. The van der Waals surface area contributed by atoms with Gasteiger partial charge in [-0.1, -0.05) is 0 Å². The molecule has 0 aromatic heterocycles. The molecule has 10 rings (SSSR count). The Hall–Kier alpha value is -3.10. The maximum Gasteiger partial charge on any atom is 0.217 e. The van der Waals surface area contributed by atoms with Crippen molar-refractivity contribution in [3.05, 3.63) is 0 Å². The van der Waals surface area contributed by atoms with Gasteiger partial charge in [-0.2, -0.15) is 0 Å². The molecule has 0 spiro atoms. The van der Waals surface area contributed by atoms with Crippen molar-refractivity contribution < 1.29 is 263 Å². The Bertz CT molecular complexity index is 3270. The first-order valence-electron chi connectivity index (χ1n) is 40.2. The van der Waals surface area contributed by atoms with Crippen LogP contribution in [0.3, 0.4) is 0 Å². The molecule has 0 unspecified atom stereocenters. The van der Waals surface area contributed by atoms with E-state index >= 15 is 0 Å². The van der Waals surface area contributed by atoms with Crippen molar-refractivity contribution in [1.82, 2.24) is 10.6 Å². The van der Waals surface area contributed by atoms with E-state index in [2.05, 4.69) is 10.6 Å². The monoisotopic (exact) mass is 1840 g/mol. The molecule has 55 heteroatoms. The fourth-order valence-electron chi connectivity index (χ4n) is 16.0. The highest BCUT2D eigenvalue weighted by atomic mass is 16.8. The molecule has 125 heavy (non-hydrogen) atoms. The number of nitrogens with one attached hydrogen (secondary N) is 2. The van der Waals surface area contributed by atoms with Crippen LogP contribution in [0.1, 0.15) is 34.6 Å². The van der Waals surface area contributed by atoms with E-state index in [4.69, 9.17) is 94.7 Å². The summed E-state index contributed by atoms with van der Waals surface area (Å²) in [5.74, 6) is -2.16. The summed E-state index contributed by atoms with van der Waals surface area (Å²) in [6.45, 7) is -5.63. The number of carbonyl (C=O) groups excluding carboxylic acids is 2. The number of aliphatic hydroxyl groups excluding tert-OH is 31. The lowest BCUT2D eigenvalue weighted by Gasteiger charge is -2.53. The molecule has 0 aromatic carbocycles. The Balaban J connectivity index is 1.04. The van der Waals surface area contributed by atoms with Gasteiger partial charge in [0.25, 0.3) is 0 Å². The van der Waals surface area contributed by atoms with E-state index in [-0.39, 0.29) is 0 Å². The van der Waals surface area contributed by atoms with E-state index in [0.29, 0.717) is 0 Å². The molecule has 10 aliphatic heterocycles. The van der Waals surface area contributed by atoms with Crippen LogP contribution in [-0.2, 0) is 104 Å². The second-order valence-corrected chi connectivity index (χ2v) is 32.0.